The summed E-state index contributed by atoms with van der Waals surface area (Å²) >= 11 is 0. The second-order valence-corrected chi connectivity index (χ2v) is 3.86. The zero-order valence-corrected chi connectivity index (χ0v) is 10.3. The maximum absolute atomic E-state index is 11.8. The molecule has 0 unspecified atom stereocenters. The molecule has 1 aromatic heterocycles. The van der Waals surface area contributed by atoms with E-state index in [0.717, 1.165) is 5.56 Å². The number of ketones is 1. The molecule has 0 aliphatic heterocycles. The fourth-order valence-corrected chi connectivity index (χ4v) is 1.47. The summed E-state index contributed by atoms with van der Waals surface area (Å²) in [4.78, 5) is 11.8. The highest BCUT2D eigenvalue weighted by atomic mass is 16.3. The van der Waals surface area contributed by atoms with Gasteiger partial charge in [-0.05, 0) is 36.8 Å². The highest BCUT2D eigenvalue weighted by Gasteiger charge is 2.14. The van der Waals surface area contributed by atoms with E-state index in [4.69, 9.17) is 9.52 Å². The molecule has 19 heavy (non-hydrogen) atoms. The van der Waals surface area contributed by atoms with Gasteiger partial charge in [0.25, 0.3) is 5.78 Å². The van der Waals surface area contributed by atoms with Crippen LogP contribution in [0.5, 0.6) is 0 Å². The van der Waals surface area contributed by atoms with Gasteiger partial charge in [0.15, 0.2) is 11.5 Å². The van der Waals surface area contributed by atoms with Crippen LogP contribution in [-0.2, 0) is 0 Å². The van der Waals surface area contributed by atoms with Crippen molar-refractivity contribution in [3.8, 4) is 0 Å². The van der Waals surface area contributed by atoms with E-state index in [1.807, 2.05) is 25.1 Å². The molecule has 1 aromatic carbocycles. The lowest BCUT2D eigenvalue weighted by Gasteiger charge is -1.96. The van der Waals surface area contributed by atoms with Crippen LogP contribution < -0.4 is 0 Å². The number of azo groups is 1. The summed E-state index contributed by atoms with van der Waals surface area (Å²) in [6.45, 7) is 1.93. The molecule has 0 saturated carbocycles. The van der Waals surface area contributed by atoms with E-state index in [0.29, 0.717) is 11.9 Å². The van der Waals surface area contributed by atoms with Crippen LogP contribution in [0.1, 0.15) is 16.1 Å². The van der Waals surface area contributed by atoms with Gasteiger partial charge in [-0.1, -0.05) is 12.1 Å². The Morgan fingerprint density at radius 1 is 1.32 bits per heavy atom. The Balaban J connectivity index is 2.19. The zero-order valence-electron chi connectivity index (χ0n) is 10.3. The van der Waals surface area contributed by atoms with Crippen molar-refractivity contribution in [2.24, 2.45) is 10.2 Å². The molecule has 1 N–H and O–H groups in total. The van der Waals surface area contributed by atoms with Gasteiger partial charge in [0.2, 0.25) is 0 Å². The molecule has 0 aliphatic carbocycles. The van der Waals surface area contributed by atoms with Crippen molar-refractivity contribution < 1.29 is 14.3 Å². The third-order valence-electron chi connectivity index (χ3n) is 2.37. The summed E-state index contributed by atoms with van der Waals surface area (Å²) in [5.41, 5.74) is 1.45. The van der Waals surface area contributed by atoms with E-state index in [9.17, 15) is 4.79 Å². The Labute approximate surface area is 109 Å². The molecular weight excluding hydrogens is 244 g/mol. The first-order valence-electron chi connectivity index (χ1n) is 5.61. The minimum absolute atomic E-state index is 0.100. The molecule has 1 heterocycles. The Morgan fingerprint density at radius 2 is 2.16 bits per heavy atom. The highest BCUT2D eigenvalue weighted by Crippen LogP contribution is 2.17. The van der Waals surface area contributed by atoms with Gasteiger partial charge in [-0.25, -0.2) is 0 Å². The van der Waals surface area contributed by atoms with Gasteiger partial charge in [0.05, 0.1) is 12.0 Å². The predicted molar refractivity (Wildman–Crippen MR) is 69.4 cm³/mol. The minimum Gasteiger partial charge on any atom is -0.513 e. The zero-order chi connectivity index (χ0) is 13.7. The topological polar surface area (TPSA) is 75.2 Å². The van der Waals surface area contributed by atoms with Crippen molar-refractivity contribution >= 4 is 11.5 Å². The van der Waals surface area contributed by atoms with Crippen molar-refractivity contribution in [3.05, 3.63) is 65.9 Å². The van der Waals surface area contributed by atoms with Crippen LogP contribution in [-0.4, -0.2) is 10.9 Å². The van der Waals surface area contributed by atoms with E-state index >= 15 is 0 Å². The normalized spacial score (nSPS) is 11.9. The fraction of sp³-hybridized carbons (Fsp3) is 0.0714. The average molecular weight is 256 g/mol. The number of aryl methyl sites for hydroxylation is 1. The van der Waals surface area contributed by atoms with Gasteiger partial charge in [-0.15, -0.1) is 5.11 Å². The van der Waals surface area contributed by atoms with Crippen molar-refractivity contribution in [1.82, 2.24) is 0 Å². The molecular formula is C14H12N2O3. The first kappa shape index (κ1) is 12.8. The SMILES string of the molecule is Cc1cccc(N=N/C(=C\O)C(=O)c2ccco2)c1. The smallest absolute Gasteiger partial charge is 0.251 e. The number of aliphatic hydroxyl groups excluding tert-OH is 1. The van der Waals surface area contributed by atoms with Crippen LogP contribution in [0.3, 0.4) is 0 Å². The van der Waals surface area contributed by atoms with Crippen molar-refractivity contribution in [3.63, 3.8) is 0 Å². The molecule has 0 saturated heterocycles. The number of aliphatic hydroxyl groups is 1. The maximum atomic E-state index is 11.8. The van der Waals surface area contributed by atoms with Crippen LogP contribution in [0, 0.1) is 6.92 Å². The lowest BCUT2D eigenvalue weighted by molar-refractivity contribution is 0.0999. The standard InChI is InChI=1S/C14H12N2O3/c1-10-4-2-5-11(8-10)15-16-12(9-17)14(18)13-6-3-7-19-13/h2-9,17H,1H3/b12-9-,16-15?. The van der Waals surface area contributed by atoms with Gasteiger partial charge in [-0.3, -0.25) is 4.79 Å². The number of carbonyl (C=O) groups excluding carboxylic acids is 1. The van der Waals surface area contributed by atoms with Crippen molar-refractivity contribution in [2.75, 3.05) is 0 Å². The Kier molecular flexibility index (Phi) is 3.87. The molecule has 0 aliphatic rings. The highest BCUT2D eigenvalue weighted by molar-refractivity contribution is 6.06. The number of hydrogen-bond donors (Lipinski definition) is 1. The molecule has 0 fully saturated rings. The first-order chi connectivity index (χ1) is 9.20. The largest absolute Gasteiger partial charge is 0.513 e. The minimum atomic E-state index is -0.524. The van der Waals surface area contributed by atoms with Crippen molar-refractivity contribution in [1.29, 1.82) is 0 Å². The van der Waals surface area contributed by atoms with Crippen LogP contribution in [0.4, 0.5) is 5.69 Å². The second-order valence-electron chi connectivity index (χ2n) is 3.86. The molecule has 0 radical (unpaired) electrons. The van der Waals surface area contributed by atoms with Crippen LogP contribution in [0.25, 0.3) is 0 Å². The van der Waals surface area contributed by atoms with Crippen LogP contribution in [0.15, 0.2) is 69.3 Å². The summed E-state index contributed by atoms with van der Waals surface area (Å²) in [6.07, 6.45) is 1.99. The number of furan rings is 1. The monoisotopic (exact) mass is 256 g/mol. The molecule has 0 amide bonds. The molecule has 2 aromatic rings. The average Bonchev–Trinajstić information content (AvgIpc) is 2.93. The third kappa shape index (κ3) is 3.16. The molecule has 2 rings (SSSR count). The number of rotatable bonds is 4. The molecule has 0 spiro atoms. The summed E-state index contributed by atoms with van der Waals surface area (Å²) in [5.74, 6) is -0.424. The van der Waals surface area contributed by atoms with Gasteiger partial charge in [-0.2, -0.15) is 5.11 Å². The van der Waals surface area contributed by atoms with Gasteiger partial charge >= 0.3 is 0 Å². The molecule has 0 bridgehead atoms. The summed E-state index contributed by atoms with van der Waals surface area (Å²) in [7, 11) is 0. The predicted octanol–water partition coefficient (Wildman–Crippen LogP) is 3.95. The van der Waals surface area contributed by atoms with E-state index in [2.05, 4.69) is 10.2 Å². The quantitative estimate of drug-likeness (QED) is 0.389. The molecule has 5 nitrogen and oxygen atoms in total. The Hall–Kier alpha value is -2.69. The summed E-state index contributed by atoms with van der Waals surface area (Å²) in [6, 6.07) is 10.4. The molecule has 0 atom stereocenters. The fourth-order valence-electron chi connectivity index (χ4n) is 1.47. The van der Waals surface area contributed by atoms with E-state index in [1.165, 1.54) is 12.3 Å². The Morgan fingerprint density at radius 3 is 2.79 bits per heavy atom. The van der Waals surface area contributed by atoms with Crippen molar-refractivity contribution in [2.45, 2.75) is 6.92 Å². The Bertz CT molecular complexity index is 628. The number of allylic oxidation sites excluding steroid dienone is 1. The van der Waals surface area contributed by atoms with Gasteiger partial charge in [0, 0.05) is 0 Å². The summed E-state index contributed by atoms with van der Waals surface area (Å²) in [5, 5.41) is 16.7. The van der Waals surface area contributed by atoms with E-state index in [1.54, 1.807) is 12.1 Å². The van der Waals surface area contributed by atoms with Gasteiger partial charge in [0.1, 0.15) is 6.26 Å². The lowest BCUT2D eigenvalue weighted by Crippen LogP contribution is -1.99. The number of benzene rings is 1. The number of carbonyl (C=O) groups is 1. The van der Waals surface area contributed by atoms with Crippen LogP contribution >= 0.6 is 0 Å². The third-order valence-corrected chi connectivity index (χ3v) is 2.37. The van der Waals surface area contributed by atoms with E-state index < -0.39 is 5.78 Å². The first-order valence-corrected chi connectivity index (χ1v) is 5.61. The number of hydrogen-bond acceptors (Lipinski definition) is 5. The maximum Gasteiger partial charge on any atom is 0.251 e. The number of nitrogens with zero attached hydrogens (tertiary/aromatic N) is 2. The van der Waals surface area contributed by atoms with Gasteiger partial charge < -0.3 is 9.52 Å². The van der Waals surface area contributed by atoms with E-state index in [-0.39, 0.29) is 11.5 Å². The lowest BCUT2D eigenvalue weighted by atomic mass is 10.2. The molecule has 96 valence electrons. The number of Topliss-reactive ketones (excluding diaryl/α,β-unsaturated/α-hetero) is 1. The summed E-state index contributed by atoms with van der Waals surface area (Å²) < 4.78 is 4.95. The second kappa shape index (κ2) is 5.77. The molecule has 5 heteroatoms. The van der Waals surface area contributed by atoms with Crippen LogP contribution in [0.2, 0.25) is 0 Å².